The van der Waals surface area contributed by atoms with Gasteiger partial charge < -0.3 is 5.11 Å². The van der Waals surface area contributed by atoms with E-state index >= 15 is 0 Å². The van der Waals surface area contributed by atoms with Crippen LogP contribution in [-0.4, -0.2) is 17.0 Å². The molecule has 0 saturated carbocycles. The summed E-state index contributed by atoms with van der Waals surface area (Å²) in [7, 11) is 0. The maximum Gasteiger partial charge on any atom is 0.0436 e. The second-order valence-corrected chi connectivity index (χ2v) is 3.87. The first-order chi connectivity index (χ1) is 4.12. The highest BCUT2D eigenvalue weighted by molar-refractivity contribution is 9.09. The molecular weight excluding hydrogens is 180 g/mol. The molecule has 0 aromatic carbocycles. The van der Waals surface area contributed by atoms with Gasteiger partial charge in [-0.2, -0.15) is 0 Å². The zero-order chi connectivity index (χ0) is 7.33. The molecule has 2 heteroatoms. The number of alkyl halides is 1. The van der Waals surface area contributed by atoms with E-state index in [-0.39, 0.29) is 0 Å². The molecule has 0 rings (SSSR count). The van der Waals surface area contributed by atoms with Gasteiger partial charge in [-0.15, -0.1) is 0 Å². The first-order valence-electron chi connectivity index (χ1n) is 3.29. The van der Waals surface area contributed by atoms with Gasteiger partial charge >= 0.3 is 0 Å². The van der Waals surface area contributed by atoms with Gasteiger partial charge in [-0.1, -0.05) is 29.8 Å². The minimum Gasteiger partial charge on any atom is -0.396 e. The molecular formula is C7H15BrO. The summed E-state index contributed by atoms with van der Waals surface area (Å²) in [6.45, 7) is 4.65. The molecule has 0 aromatic rings. The van der Waals surface area contributed by atoms with E-state index in [1.165, 1.54) is 0 Å². The molecule has 0 unspecified atom stereocenters. The molecule has 0 fully saturated rings. The lowest BCUT2D eigenvalue weighted by atomic mass is 9.87. The highest BCUT2D eigenvalue weighted by atomic mass is 79.9. The lowest BCUT2D eigenvalue weighted by molar-refractivity contribution is 0.208. The molecule has 9 heavy (non-hydrogen) atoms. The van der Waals surface area contributed by atoms with Gasteiger partial charge in [-0.3, -0.25) is 0 Å². The topological polar surface area (TPSA) is 20.2 Å². The van der Waals surface area contributed by atoms with Crippen molar-refractivity contribution in [1.82, 2.24) is 0 Å². The van der Waals surface area contributed by atoms with Crippen LogP contribution in [0.1, 0.15) is 26.7 Å². The van der Waals surface area contributed by atoms with Crippen molar-refractivity contribution < 1.29 is 5.11 Å². The van der Waals surface area contributed by atoms with E-state index in [2.05, 4.69) is 29.8 Å². The van der Waals surface area contributed by atoms with Gasteiger partial charge in [0.25, 0.3) is 0 Å². The van der Waals surface area contributed by atoms with Crippen LogP contribution in [0.4, 0.5) is 0 Å². The van der Waals surface area contributed by atoms with Crippen LogP contribution >= 0.6 is 15.9 Å². The highest BCUT2D eigenvalue weighted by Crippen LogP contribution is 2.24. The average Bonchev–Trinajstić information content (AvgIpc) is 1.64. The Morgan fingerprint density at radius 3 is 2.22 bits per heavy atom. The average molecular weight is 195 g/mol. The molecule has 1 nitrogen and oxygen atoms in total. The first-order valence-corrected chi connectivity index (χ1v) is 4.41. The monoisotopic (exact) mass is 194 g/mol. The van der Waals surface area contributed by atoms with Crippen molar-refractivity contribution in [1.29, 1.82) is 0 Å². The van der Waals surface area contributed by atoms with Crippen molar-refractivity contribution in [2.45, 2.75) is 26.7 Å². The van der Waals surface area contributed by atoms with Gasteiger partial charge in [0.2, 0.25) is 0 Å². The molecule has 0 spiro atoms. The van der Waals surface area contributed by atoms with Crippen molar-refractivity contribution in [3.63, 3.8) is 0 Å². The zero-order valence-corrected chi connectivity index (χ0v) is 7.74. The lowest BCUT2D eigenvalue weighted by Crippen LogP contribution is -2.13. The molecule has 0 aliphatic rings. The summed E-state index contributed by atoms with van der Waals surface area (Å²) >= 11 is 3.37. The second kappa shape index (κ2) is 4.29. The van der Waals surface area contributed by atoms with Crippen molar-refractivity contribution in [2.75, 3.05) is 11.9 Å². The summed E-state index contributed by atoms with van der Waals surface area (Å²) in [5.41, 5.74) is 0.304. The number of hydrogen-bond donors (Lipinski definition) is 1. The third-order valence-electron chi connectivity index (χ3n) is 1.56. The van der Waals surface area contributed by atoms with Gasteiger partial charge in [-0.05, 0) is 18.3 Å². The second-order valence-electron chi connectivity index (χ2n) is 3.08. The summed E-state index contributed by atoms with van der Waals surface area (Å²) in [5.74, 6) is 0. The minimum absolute atomic E-state index is 0.304. The van der Waals surface area contributed by atoms with Crippen LogP contribution in [0.15, 0.2) is 0 Å². The van der Waals surface area contributed by atoms with Crippen LogP contribution < -0.4 is 0 Å². The standard InChI is InChI=1S/C7H15BrO/c1-7(2,3-5-8)4-6-9/h9H,3-6H2,1-2H3. The van der Waals surface area contributed by atoms with Crippen LogP contribution in [-0.2, 0) is 0 Å². The van der Waals surface area contributed by atoms with Gasteiger partial charge in [0.1, 0.15) is 0 Å². The van der Waals surface area contributed by atoms with Gasteiger partial charge in [0, 0.05) is 11.9 Å². The summed E-state index contributed by atoms with van der Waals surface area (Å²) in [6.07, 6.45) is 2.03. The van der Waals surface area contributed by atoms with Crippen LogP contribution in [0, 0.1) is 5.41 Å². The number of rotatable bonds is 4. The molecule has 0 heterocycles. The maximum atomic E-state index is 8.61. The van der Waals surface area contributed by atoms with E-state index in [9.17, 15) is 0 Å². The van der Waals surface area contributed by atoms with Crippen LogP contribution in [0.2, 0.25) is 0 Å². The number of aliphatic hydroxyl groups is 1. The molecule has 0 aliphatic carbocycles. The molecule has 0 aromatic heterocycles. The van der Waals surface area contributed by atoms with E-state index < -0.39 is 0 Å². The van der Waals surface area contributed by atoms with E-state index in [4.69, 9.17) is 5.11 Å². The van der Waals surface area contributed by atoms with E-state index in [1.807, 2.05) is 0 Å². The molecule has 0 amide bonds. The van der Waals surface area contributed by atoms with Gasteiger partial charge in [-0.25, -0.2) is 0 Å². The molecule has 0 saturated heterocycles. The fourth-order valence-electron chi connectivity index (χ4n) is 0.683. The lowest BCUT2D eigenvalue weighted by Gasteiger charge is -2.21. The molecule has 0 aliphatic heterocycles. The Hall–Kier alpha value is 0.440. The summed E-state index contributed by atoms with van der Waals surface area (Å²) in [6, 6.07) is 0. The predicted molar refractivity (Wildman–Crippen MR) is 43.9 cm³/mol. The summed E-state index contributed by atoms with van der Waals surface area (Å²) in [5, 5.41) is 9.64. The Morgan fingerprint density at radius 2 is 1.89 bits per heavy atom. The largest absolute Gasteiger partial charge is 0.396 e. The molecule has 0 atom stereocenters. The third kappa shape index (κ3) is 4.91. The molecule has 1 N–H and O–H groups in total. The normalized spacial score (nSPS) is 12.0. The van der Waals surface area contributed by atoms with Gasteiger partial charge in [0.15, 0.2) is 0 Å². The van der Waals surface area contributed by atoms with Crippen molar-refractivity contribution in [2.24, 2.45) is 5.41 Å². The fourth-order valence-corrected chi connectivity index (χ4v) is 1.76. The maximum absolute atomic E-state index is 8.61. The van der Waals surface area contributed by atoms with Crippen molar-refractivity contribution in [3.8, 4) is 0 Å². The quantitative estimate of drug-likeness (QED) is 0.681. The number of aliphatic hydroxyl groups excluding tert-OH is 1. The first kappa shape index (κ1) is 9.44. The highest BCUT2D eigenvalue weighted by Gasteiger charge is 2.14. The van der Waals surface area contributed by atoms with Crippen LogP contribution in [0.3, 0.4) is 0 Å². The molecule has 0 radical (unpaired) electrons. The van der Waals surface area contributed by atoms with Crippen LogP contribution in [0.25, 0.3) is 0 Å². The SMILES string of the molecule is CC(C)(CCO)CCBr. The Kier molecular flexibility index (Phi) is 4.50. The van der Waals surface area contributed by atoms with Crippen LogP contribution in [0.5, 0.6) is 0 Å². The number of hydrogen-bond acceptors (Lipinski definition) is 1. The summed E-state index contributed by atoms with van der Waals surface area (Å²) < 4.78 is 0. The fraction of sp³-hybridized carbons (Fsp3) is 1.00. The Morgan fingerprint density at radius 1 is 1.33 bits per heavy atom. The Balaban J connectivity index is 3.43. The Bertz CT molecular complexity index is 63.3. The van der Waals surface area contributed by atoms with E-state index in [1.54, 1.807) is 0 Å². The van der Waals surface area contributed by atoms with Crippen molar-refractivity contribution >= 4 is 15.9 Å². The third-order valence-corrected chi connectivity index (χ3v) is 1.96. The number of halogens is 1. The summed E-state index contributed by atoms with van der Waals surface area (Å²) in [4.78, 5) is 0. The zero-order valence-electron chi connectivity index (χ0n) is 6.15. The van der Waals surface area contributed by atoms with Crippen molar-refractivity contribution in [3.05, 3.63) is 0 Å². The van der Waals surface area contributed by atoms with E-state index in [0.717, 1.165) is 18.2 Å². The van der Waals surface area contributed by atoms with E-state index in [0.29, 0.717) is 12.0 Å². The molecule has 56 valence electrons. The smallest absolute Gasteiger partial charge is 0.0436 e. The minimum atomic E-state index is 0.304. The Labute approximate surface area is 65.6 Å². The van der Waals surface area contributed by atoms with Gasteiger partial charge in [0.05, 0.1) is 0 Å². The predicted octanol–water partition coefficient (Wildman–Crippen LogP) is 2.18. The molecule has 0 bridgehead atoms.